The summed E-state index contributed by atoms with van der Waals surface area (Å²) in [7, 11) is 0. The van der Waals surface area contributed by atoms with Gasteiger partial charge in [0.25, 0.3) is 0 Å². The third kappa shape index (κ3) is 4.40. The van der Waals surface area contributed by atoms with E-state index in [0.717, 1.165) is 23.7 Å². The van der Waals surface area contributed by atoms with Crippen LogP contribution < -0.4 is 16.8 Å². The summed E-state index contributed by atoms with van der Waals surface area (Å²) in [6, 6.07) is 4.98. The molecule has 17 heavy (non-hydrogen) atoms. The average Bonchev–Trinajstić information content (AvgIpc) is 2.30. The Morgan fingerprint density at radius 3 is 2.94 bits per heavy atom. The van der Waals surface area contributed by atoms with Gasteiger partial charge in [-0.2, -0.15) is 11.8 Å². The van der Waals surface area contributed by atoms with Crippen LogP contribution in [0.1, 0.15) is 10.4 Å². The summed E-state index contributed by atoms with van der Waals surface area (Å²) in [5.41, 5.74) is 12.8. The van der Waals surface area contributed by atoms with Crippen molar-refractivity contribution in [3.05, 3.63) is 36.4 Å². The number of hydrogen-bond acceptors (Lipinski definition) is 4. The molecule has 0 aromatic heterocycles. The Morgan fingerprint density at radius 1 is 1.53 bits per heavy atom. The predicted molar refractivity (Wildman–Crippen MR) is 75.4 cm³/mol. The smallest absolute Gasteiger partial charge is 0.248 e. The molecule has 0 aliphatic rings. The molecule has 0 bridgehead atoms. The number of nitrogens with two attached hydrogens (primary N) is 2. The quantitative estimate of drug-likeness (QED) is 0.391. The van der Waals surface area contributed by atoms with Crippen LogP contribution in [0.15, 0.2) is 30.9 Å². The van der Waals surface area contributed by atoms with Gasteiger partial charge in [0.1, 0.15) is 0 Å². The van der Waals surface area contributed by atoms with Gasteiger partial charge in [-0.15, -0.1) is 6.58 Å². The Bertz CT molecular complexity index is 407. The van der Waals surface area contributed by atoms with Crippen LogP contribution in [0.4, 0.5) is 11.4 Å². The Labute approximate surface area is 105 Å². The van der Waals surface area contributed by atoms with Crippen molar-refractivity contribution in [3.8, 4) is 0 Å². The number of hydrogen-bond donors (Lipinski definition) is 3. The fourth-order valence-corrected chi connectivity index (χ4v) is 1.87. The van der Waals surface area contributed by atoms with Gasteiger partial charge in [-0.1, -0.05) is 6.08 Å². The standard InChI is InChI=1S/C12H17N3OS/c1-2-6-17-7-5-15-11-8-9(12(14)16)3-4-10(11)13/h2-4,8,15H,1,5-7,13H2,(H2,14,16). The zero-order valence-electron chi connectivity index (χ0n) is 9.61. The molecule has 0 aliphatic heterocycles. The highest BCUT2D eigenvalue weighted by Gasteiger charge is 2.04. The van der Waals surface area contributed by atoms with Crippen LogP contribution in [0.25, 0.3) is 0 Å². The topological polar surface area (TPSA) is 81.1 Å². The normalized spacial score (nSPS) is 9.88. The largest absolute Gasteiger partial charge is 0.397 e. The highest BCUT2D eigenvalue weighted by Crippen LogP contribution is 2.19. The zero-order valence-corrected chi connectivity index (χ0v) is 10.4. The second kappa shape index (κ2) is 6.85. The van der Waals surface area contributed by atoms with Gasteiger partial charge in [0.15, 0.2) is 0 Å². The fourth-order valence-electron chi connectivity index (χ4n) is 1.29. The number of nitrogens with one attached hydrogen (secondary N) is 1. The first kappa shape index (κ1) is 13.4. The number of thioether (sulfide) groups is 1. The number of carbonyl (C=O) groups is 1. The molecule has 0 radical (unpaired) electrons. The molecule has 5 heteroatoms. The van der Waals surface area contributed by atoms with Gasteiger partial charge in [-0.3, -0.25) is 4.79 Å². The van der Waals surface area contributed by atoms with Crippen LogP contribution in [0.2, 0.25) is 0 Å². The molecule has 1 rings (SSSR count). The van der Waals surface area contributed by atoms with Crippen LogP contribution in [0.5, 0.6) is 0 Å². The van der Waals surface area contributed by atoms with E-state index in [2.05, 4.69) is 11.9 Å². The first-order valence-corrected chi connectivity index (χ1v) is 6.42. The molecule has 0 aliphatic carbocycles. The SMILES string of the molecule is C=CCSCCNc1cc(C(N)=O)ccc1N. The second-order valence-electron chi connectivity index (χ2n) is 3.46. The van der Waals surface area contributed by atoms with Gasteiger partial charge < -0.3 is 16.8 Å². The van der Waals surface area contributed by atoms with E-state index in [1.807, 2.05) is 6.08 Å². The Morgan fingerprint density at radius 2 is 2.29 bits per heavy atom. The summed E-state index contributed by atoms with van der Waals surface area (Å²) in [5.74, 6) is 1.43. The zero-order chi connectivity index (χ0) is 12.7. The highest BCUT2D eigenvalue weighted by atomic mass is 32.2. The van der Waals surface area contributed by atoms with Gasteiger partial charge in [0.05, 0.1) is 11.4 Å². The first-order chi connectivity index (χ1) is 8.15. The first-order valence-electron chi connectivity index (χ1n) is 5.27. The molecule has 0 saturated carbocycles. The lowest BCUT2D eigenvalue weighted by atomic mass is 10.1. The van der Waals surface area contributed by atoms with Crippen molar-refractivity contribution in [2.24, 2.45) is 5.73 Å². The Kier molecular flexibility index (Phi) is 5.42. The monoisotopic (exact) mass is 251 g/mol. The minimum atomic E-state index is -0.450. The molecule has 0 saturated heterocycles. The molecule has 1 aromatic carbocycles. The van der Waals surface area contributed by atoms with Crippen molar-refractivity contribution in [3.63, 3.8) is 0 Å². The van der Waals surface area contributed by atoms with Gasteiger partial charge in [0.2, 0.25) is 5.91 Å². The van der Waals surface area contributed by atoms with E-state index < -0.39 is 5.91 Å². The third-order valence-corrected chi connectivity index (χ3v) is 3.10. The van der Waals surface area contributed by atoms with Crippen molar-refractivity contribution in [2.75, 3.05) is 29.1 Å². The molecular formula is C12H17N3OS. The number of carbonyl (C=O) groups excluding carboxylic acids is 1. The summed E-state index contributed by atoms with van der Waals surface area (Å²) in [5, 5.41) is 3.18. The average molecular weight is 251 g/mol. The molecule has 4 nitrogen and oxygen atoms in total. The number of anilines is 2. The maximum atomic E-state index is 11.0. The van der Waals surface area contributed by atoms with Crippen LogP contribution in [-0.2, 0) is 0 Å². The van der Waals surface area contributed by atoms with Crippen molar-refractivity contribution >= 4 is 29.0 Å². The maximum absolute atomic E-state index is 11.0. The van der Waals surface area contributed by atoms with Gasteiger partial charge >= 0.3 is 0 Å². The summed E-state index contributed by atoms with van der Waals surface area (Å²) in [4.78, 5) is 11.0. The summed E-state index contributed by atoms with van der Waals surface area (Å²) in [6.45, 7) is 4.43. The van der Waals surface area contributed by atoms with Crippen LogP contribution in [-0.4, -0.2) is 24.0 Å². The Hall–Kier alpha value is -1.62. The van der Waals surface area contributed by atoms with E-state index in [1.54, 1.807) is 30.0 Å². The van der Waals surface area contributed by atoms with E-state index in [9.17, 15) is 4.79 Å². The van der Waals surface area contributed by atoms with Crippen LogP contribution >= 0.6 is 11.8 Å². The van der Waals surface area contributed by atoms with Gasteiger partial charge in [-0.05, 0) is 18.2 Å². The van der Waals surface area contributed by atoms with Gasteiger partial charge in [0, 0.05) is 23.6 Å². The molecule has 0 heterocycles. The number of benzene rings is 1. The van der Waals surface area contributed by atoms with E-state index in [4.69, 9.17) is 11.5 Å². The van der Waals surface area contributed by atoms with Crippen molar-refractivity contribution in [1.82, 2.24) is 0 Å². The van der Waals surface area contributed by atoms with Crippen molar-refractivity contribution in [1.29, 1.82) is 0 Å². The van der Waals surface area contributed by atoms with Gasteiger partial charge in [-0.25, -0.2) is 0 Å². The predicted octanol–water partition coefficient (Wildman–Crippen LogP) is 1.70. The molecule has 92 valence electrons. The lowest BCUT2D eigenvalue weighted by molar-refractivity contribution is 0.100. The van der Waals surface area contributed by atoms with E-state index in [-0.39, 0.29) is 0 Å². The highest BCUT2D eigenvalue weighted by molar-refractivity contribution is 7.99. The van der Waals surface area contributed by atoms with E-state index in [1.165, 1.54) is 0 Å². The maximum Gasteiger partial charge on any atom is 0.248 e. The number of rotatable bonds is 7. The molecule has 5 N–H and O–H groups in total. The lowest BCUT2D eigenvalue weighted by Crippen LogP contribution is -2.13. The summed E-state index contributed by atoms with van der Waals surface area (Å²) < 4.78 is 0. The van der Waals surface area contributed by atoms with E-state index >= 15 is 0 Å². The summed E-state index contributed by atoms with van der Waals surface area (Å²) in [6.07, 6.45) is 1.87. The van der Waals surface area contributed by atoms with Crippen molar-refractivity contribution < 1.29 is 4.79 Å². The molecule has 0 atom stereocenters. The Balaban J connectivity index is 2.54. The minimum Gasteiger partial charge on any atom is -0.397 e. The molecule has 0 unspecified atom stereocenters. The van der Waals surface area contributed by atoms with Crippen molar-refractivity contribution in [2.45, 2.75) is 0 Å². The summed E-state index contributed by atoms with van der Waals surface area (Å²) >= 11 is 1.78. The number of amides is 1. The lowest BCUT2D eigenvalue weighted by Gasteiger charge is -2.09. The number of nitrogen functional groups attached to an aromatic ring is 1. The van der Waals surface area contributed by atoms with Crippen LogP contribution in [0.3, 0.4) is 0 Å². The molecule has 0 fully saturated rings. The molecular weight excluding hydrogens is 234 g/mol. The van der Waals surface area contributed by atoms with Crippen LogP contribution in [0, 0.1) is 0 Å². The second-order valence-corrected chi connectivity index (χ2v) is 4.61. The molecule has 1 aromatic rings. The van der Waals surface area contributed by atoms with E-state index in [0.29, 0.717) is 11.3 Å². The fraction of sp³-hybridized carbons (Fsp3) is 0.250. The molecule has 1 amide bonds. The minimum absolute atomic E-state index is 0.450. The molecule has 0 spiro atoms. The number of primary amides is 1. The third-order valence-electron chi connectivity index (χ3n) is 2.14.